The molecule has 1 saturated carbocycles. The van der Waals surface area contributed by atoms with E-state index in [1.54, 1.807) is 11.1 Å². The van der Waals surface area contributed by atoms with E-state index in [1.807, 2.05) is 7.11 Å². The highest BCUT2D eigenvalue weighted by Gasteiger charge is 2.50. The highest BCUT2D eigenvalue weighted by Crippen LogP contribution is 2.52. The number of fused-ring (bicyclic) bond motifs is 1. The molecule has 5 rings (SSSR count). The van der Waals surface area contributed by atoms with Crippen molar-refractivity contribution in [1.82, 2.24) is 5.32 Å². The molecule has 2 heteroatoms. The van der Waals surface area contributed by atoms with E-state index in [4.69, 9.17) is 4.74 Å². The molecule has 0 aromatic carbocycles. The van der Waals surface area contributed by atoms with Crippen LogP contribution < -0.4 is 5.32 Å². The first-order chi connectivity index (χ1) is 8.83. The van der Waals surface area contributed by atoms with Gasteiger partial charge in [0.1, 0.15) is 0 Å². The van der Waals surface area contributed by atoms with Crippen molar-refractivity contribution in [3.05, 3.63) is 34.9 Å². The van der Waals surface area contributed by atoms with Crippen LogP contribution in [0.5, 0.6) is 0 Å². The van der Waals surface area contributed by atoms with Crippen LogP contribution in [0.15, 0.2) is 34.9 Å². The topological polar surface area (TPSA) is 21.3 Å². The number of rotatable bonds is 1. The van der Waals surface area contributed by atoms with Gasteiger partial charge < -0.3 is 10.1 Å². The van der Waals surface area contributed by atoms with Crippen molar-refractivity contribution in [3.8, 4) is 0 Å². The van der Waals surface area contributed by atoms with Crippen LogP contribution in [0.25, 0.3) is 0 Å². The van der Waals surface area contributed by atoms with Crippen molar-refractivity contribution in [2.75, 3.05) is 13.7 Å². The summed E-state index contributed by atoms with van der Waals surface area (Å²) in [5.41, 5.74) is 5.07. The van der Waals surface area contributed by atoms with Crippen LogP contribution in [0, 0.1) is 5.92 Å². The van der Waals surface area contributed by atoms with Crippen LogP contribution >= 0.6 is 0 Å². The summed E-state index contributed by atoms with van der Waals surface area (Å²) in [6, 6.07) is 0. The van der Waals surface area contributed by atoms with Gasteiger partial charge in [-0.2, -0.15) is 0 Å². The molecule has 2 aliphatic heterocycles. The van der Waals surface area contributed by atoms with Crippen LogP contribution in [-0.4, -0.2) is 25.3 Å². The van der Waals surface area contributed by atoms with Crippen molar-refractivity contribution >= 4 is 0 Å². The summed E-state index contributed by atoms with van der Waals surface area (Å²) in [5.74, 6) is 0.650. The van der Waals surface area contributed by atoms with Crippen LogP contribution in [0.1, 0.15) is 32.1 Å². The highest BCUT2D eigenvalue weighted by molar-refractivity contribution is 5.53. The van der Waals surface area contributed by atoms with Crippen molar-refractivity contribution in [1.29, 1.82) is 0 Å². The van der Waals surface area contributed by atoms with Crippen molar-refractivity contribution in [2.45, 2.75) is 43.7 Å². The normalized spacial score (nSPS) is 41.5. The maximum Gasteiger partial charge on any atom is 0.0761 e. The summed E-state index contributed by atoms with van der Waals surface area (Å²) in [4.78, 5) is 0. The molecule has 96 valence electrons. The first kappa shape index (κ1) is 11.0. The predicted molar refractivity (Wildman–Crippen MR) is 72.4 cm³/mol. The van der Waals surface area contributed by atoms with Gasteiger partial charge in [-0.15, -0.1) is 0 Å². The van der Waals surface area contributed by atoms with Crippen molar-refractivity contribution in [3.63, 3.8) is 0 Å². The van der Waals surface area contributed by atoms with E-state index in [1.165, 1.54) is 31.3 Å². The average Bonchev–Trinajstić information content (AvgIpc) is 2.46. The Morgan fingerprint density at radius 2 is 2.33 bits per heavy atom. The molecule has 5 aliphatic rings. The van der Waals surface area contributed by atoms with E-state index < -0.39 is 0 Å². The van der Waals surface area contributed by atoms with Crippen LogP contribution in [0.2, 0.25) is 0 Å². The highest BCUT2D eigenvalue weighted by atomic mass is 16.5. The Kier molecular flexibility index (Phi) is 2.33. The molecule has 2 bridgehead atoms. The van der Waals surface area contributed by atoms with E-state index in [-0.39, 0.29) is 5.54 Å². The zero-order chi connectivity index (χ0) is 12.2. The van der Waals surface area contributed by atoms with Gasteiger partial charge in [0.05, 0.1) is 6.10 Å². The SMILES string of the molecule is COC1C=CC2=C3C=C4CCCCC4(NC3)C2C1. The number of hydrogen-bond donors (Lipinski definition) is 1. The molecule has 3 aliphatic carbocycles. The molecule has 2 heterocycles. The lowest BCUT2D eigenvalue weighted by Gasteiger charge is -2.55. The smallest absolute Gasteiger partial charge is 0.0761 e. The molecule has 0 amide bonds. The Hall–Kier alpha value is -0.860. The van der Waals surface area contributed by atoms with E-state index in [0.29, 0.717) is 12.0 Å². The second-order valence-electron chi connectivity index (χ2n) is 6.10. The summed E-state index contributed by atoms with van der Waals surface area (Å²) in [7, 11) is 1.83. The van der Waals surface area contributed by atoms with Gasteiger partial charge in [-0.25, -0.2) is 0 Å². The lowest BCUT2D eigenvalue weighted by atomic mass is 9.58. The fraction of sp³-hybridized carbons (Fsp3) is 0.625. The summed E-state index contributed by atoms with van der Waals surface area (Å²) in [6.07, 6.45) is 13.9. The summed E-state index contributed by atoms with van der Waals surface area (Å²) >= 11 is 0. The molecule has 1 fully saturated rings. The third-order valence-electron chi connectivity index (χ3n) is 5.39. The van der Waals surface area contributed by atoms with Crippen LogP contribution in [0.3, 0.4) is 0 Å². The number of hydrogen-bond acceptors (Lipinski definition) is 2. The number of ether oxygens (including phenoxy) is 1. The summed E-state index contributed by atoms with van der Waals surface area (Å²) < 4.78 is 5.57. The standard InChI is InChI=1S/C16H21NO/c1-18-13-5-6-14-11-8-12-4-2-3-7-16(12,17-10-11)15(14)9-13/h5-6,8,13,15,17H,2-4,7,9-10H2,1H3. The van der Waals surface area contributed by atoms with E-state index >= 15 is 0 Å². The molecular weight excluding hydrogens is 222 g/mol. The molecule has 0 aromatic rings. The quantitative estimate of drug-likeness (QED) is 0.764. The Morgan fingerprint density at radius 3 is 3.22 bits per heavy atom. The minimum atomic E-state index is 0.275. The van der Waals surface area contributed by atoms with Gasteiger partial charge in [-0.1, -0.05) is 24.6 Å². The fourth-order valence-corrected chi connectivity index (χ4v) is 4.46. The van der Waals surface area contributed by atoms with Gasteiger partial charge in [-0.3, -0.25) is 0 Å². The molecule has 0 aromatic heterocycles. The second-order valence-corrected chi connectivity index (χ2v) is 6.10. The molecular formula is C16H21NO. The first-order valence-electron chi connectivity index (χ1n) is 7.23. The third-order valence-corrected chi connectivity index (χ3v) is 5.39. The Labute approximate surface area is 109 Å². The summed E-state index contributed by atoms with van der Waals surface area (Å²) in [6.45, 7) is 1.07. The van der Waals surface area contributed by atoms with E-state index in [9.17, 15) is 0 Å². The minimum Gasteiger partial charge on any atom is -0.377 e. The van der Waals surface area contributed by atoms with E-state index in [0.717, 1.165) is 13.0 Å². The summed E-state index contributed by atoms with van der Waals surface area (Å²) in [5, 5.41) is 3.86. The number of allylic oxidation sites excluding steroid dienone is 1. The van der Waals surface area contributed by atoms with Gasteiger partial charge in [0.25, 0.3) is 0 Å². The molecule has 0 radical (unpaired) electrons. The molecule has 0 saturated heterocycles. The van der Waals surface area contributed by atoms with Gasteiger partial charge in [0, 0.05) is 25.1 Å². The Balaban J connectivity index is 1.83. The van der Waals surface area contributed by atoms with Gasteiger partial charge in [-0.05, 0) is 42.4 Å². The van der Waals surface area contributed by atoms with Gasteiger partial charge in [0.15, 0.2) is 0 Å². The maximum absolute atomic E-state index is 5.57. The lowest BCUT2D eigenvalue weighted by molar-refractivity contribution is 0.0900. The Morgan fingerprint density at radius 1 is 1.39 bits per heavy atom. The average molecular weight is 243 g/mol. The molecule has 1 spiro atoms. The van der Waals surface area contributed by atoms with Crippen molar-refractivity contribution < 1.29 is 4.74 Å². The predicted octanol–water partition coefficient (Wildman–Crippen LogP) is 2.73. The molecule has 1 N–H and O–H groups in total. The first-order valence-corrected chi connectivity index (χ1v) is 7.23. The fourth-order valence-electron chi connectivity index (χ4n) is 4.46. The molecule has 3 atom stereocenters. The number of nitrogens with one attached hydrogen (secondary N) is 1. The minimum absolute atomic E-state index is 0.275. The monoisotopic (exact) mass is 243 g/mol. The largest absolute Gasteiger partial charge is 0.377 e. The lowest BCUT2D eigenvalue weighted by Crippen LogP contribution is -2.61. The number of methoxy groups -OCH3 is 1. The second kappa shape index (κ2) is 3.82. The van der Waals surface area contributed by atoms with Gasteiger partial charge in [0.2, 0.25) is 0 Å². The molecule has 18 heavy (non-hydrogen) atoms. The van der Waals surface area contributed by atoms with E-state index in [2.05, 4.69) is 23.5 Å². The van der Waals surface area contributed by atoms with Crippen molar-refractivity contribution in [2.24, 2.45) is 5.92 Å². The zero-order valence-corrected chi connectivity index (χ0v) is 11.0. The van der Waals surface area contributed by atoms with Crippen LogP contribution in [-0.2, 0) is 4.74 Å². The zero-order valence-electron chi connectivity index (χ0n) is 11.0. The van der Waals surface area contributed by atoms with Gasteiger partial charge >= 0.3 is 0 Å². The maximum atomic E-state index is 5.57. The molecule has 2 nitrogen and oxygen atoms in total. The van der Waals surface area contributed by atoms with Crippen LogP contribution in [0.4, 0.5) is 0 Å². The Bertz CT molecular complexity index is 473. The molecule has 3 unspecified atom stereocenters. The third kappa shape index (κ3) is 1.31.